The molecule has 2 aliphatic heterocycles. The zero-order chi connectivity index (χ0) is 18.4. The number of alkyl halides is 3. The molecular formula is C18H15F3N4O. The van der Waals surface area contributed by atoms with E-state index in [0.717, 1.165) is 18.5 Å². The Balaban J connectivity index is 1.62. The van der Waals surface area contributed by atoms with E-state index in [9.17, 15) is 18.0 Å². The lowest BCUT2D eigenvalue weighted by Gasteiger charge is -2.19. The summed E-state index contributed by atoms with van der Waals surface area (Å²) < 4.78 is 39.9. The molecule has 5 nitrogen and oxygen atoms in total. The summed E-state index contributed by atoms with van der Waals surface area (Å²) in [6, 6.07) is 11.1. The highest BCUT2D eigenvalue weighted by molar-refractivity contribution is 6.05. The number of carbonyl (C=O) groups excluding carboxylic acids is 1. The maximum atomic E-state index is 13.3. The van der Waals surface area contributed by atoms with E-state index in [1.165, 1.54) is 29.8 Å². The largest absolute Gasteiger partial charge is 0.442 e. The lowest BCUT2D eigenvalue weighted by atomic mass is 9.96. The van der Waals surface area contributed by atoms with Crippen LogP contribution in [-0.2, 0) is 18.6 Å². The number of nitrogens with one attached hydrogen (secondary N) is 2. The number of anilines is 1. The summed E-state index contributed by atoms with van der Waals surface area (Å²) in [5, 5.41) is 12.3. The van der Waals surface area contributed by atoms with Crippen molar-refractivity contribution in [3.8, 4) is 0 Å². The normalized spacial score (nSPS) is 17.5. The van der Waals surface area contributed by atoms with Crippen molar-refractivity contribution in [3.05, 3.63) is 64.7 Å². The fraction of sp³-hybridized carbons (Fsp3) is 0.278. The molecule has 0 saturated heterocycles. The summed E-state index contributed by atoms with van der Waals surface area (Å²) >= 11 is 0. The number of hydrogen-bond donors (Lipinski definition) is 2. The Morgan fingerprint density at radius 2 is 1.88 bits per heavy atom. The second-order valence-electron chi connectivity index (χ2n) is 6.28. The van der Waals surface area contributed by atoms with Gasteiger partial charge < -0.3 is 10.6 Å². The molecule has 0 bridgehead atoms. The van der Waals surface area contributed by atoms with Crippen molar-refractivity contribution in [2.75, 3.05) is 11.9 Å². The van der Waals surface area contributed by atoms with Crippen LogP contribution in [0, 0.1) is 0 Å². The first kappa shape index (κ1) is 16.7. The highest BCUT2D eigenvalue weighted by Crippen LogP contribution is 2.53. The van der Waals surface area contributed by atoms with Crippen LogP contribution in [0.15, 0.2) is 52.7 Å². The first-order valence-corrected chi connectivity index (χ1v) is 8.15. The molecule has 0 saturated carbocycles. The summed E-state index contributed by atoms with van der Waals surface area (Å²) in [5.41, 5.74) is -0.163. The van der Waals surface area contributed by atoms with Crippen LogP contribution in [0.3, 0.4) is 0 Å². The van der Waals surface area contributed by atoms with Crippen LogP contribution in [0.25, 0.3) is 0 Å². The number of rotatable bonds is 3. The maximum absolute atomic E-state index is 13.3. The number of halogens is 3. The molecule has 26 heavy (non-hydrogen) atoms. The summed E-state index contributed by atoms with van der Waals surface area (Å²) in [5.74, 6) is -0.620. The van der Waals surface area contributed by atoms with Crippen molar-refractivity contribution in [1.82, 2.24) is 5.32 Å². The van der Waals surface area contributed by atoms with Crippen molar-refractivity contribution < 1.29 is 18.0 Å². The van der Waals surface area contributed by atoms with E-state index in [1.807, 2.05) is 12.1 Å². The quantitative estimate of drug-likeness (QED) is 0.875. The van der Waals surface area contributed by atoms with Crippen molar-refractivity contribution >= 4 is 11.6 Å². The van der Waals surface area contributed by atoms with E-state index in [2.05, 4.69) is 20.9 Å². The Morgan fingerprint density at radius 1 is 1.12 bits per heavy atom. The molecule has 0 aliphatic carbocycles. The Hall–Kier alpha value is -2.74. The van der Waals surface area contributed by atoms with E-state index in [1.54, 1.807) is 6.07 Å². The SMILES string of the molecule is O=C(Nc1ccc2c(c1)CNCC2)c1ccccc1C1(C(F)(F)F)N=N1. The molecule has 0 atom stereocenters. The van der Waals surface area contributed by atoms with Crippen molar-refractivity contribution in [2.45, 2.75) is 24.8 Å². The third kappa shape index (κ3) is 2.76. The number of fused-ring (bicyclic) bond motifs is 1. The molecule has 4 rings (SSSR count). The Kier molecular flexibility index (Phi) is 3.80. The number of nitrogens with zero attached hydrogens (tertiary/aromatic N) is 2. The minimum Gasteiger partial charge on any atom is -0.322 e. The molecule has 0 spiro atoms. The summed E-state index contributed by atoms with van der Waals surface area (Å²) in [6.07, 6.45) is -3.77. The molecular weight excluding hydrogens is 345 g/mol. The molecule has 0 radical (unpaired) electrons. The average Bonchev–Trinajstić information content (AvgIpc) is 3.43. The lowest BCUT2D eigenvalue weighted by Crippen LogP contribution is -2.32. The standard InChI is InChI=1S/C18H15F3N4O/c19-18(20,21)17(24-25-17)15-4-2-1-3-14(15)16(26)23-13-6-5-11-7-8-22-10-12(11)9-13/h1-6,9,22H,7-8,10H2,(H,23,26). The van der Waals surface area contributed by atoms with Gasteiger partial charge in [0, 0.05) is 23.4 Å². The van der Waals surface area contributed by atoms with Crippen molar-refractivity contribution in [2.24, 2.45) is 10.2 Å². The van der Waals surface area contributed by atoms with Crippen LogP contribution in [0.4, 0.5) is 18.9 Å². The monoisotopic (exact) mass is 360 g/mol. The van der Waals surface area contributed by atoms with E-state index in [4.69, 9.17) is 0 Å². The highest BCUT2D eigenvalue weighted by Gasteiger charge is 2.66. The Morgan fingerprint density at radius 3 is 2.62 bits per heavy atom. The lowest BCUT2D eigenvalue weighted by molar-refractivity contribution is -0.166. The molecule has 2 N–H and O–H groups in total. The van der Waals surface area contributed by atoms with Gasteiger partial charge in [0.15, 0.2) is 0 Å². The minimum absolute atomic E-state index is 0.0920. The summed E-state index contributed by atoms with van der Waals surface area (Å²) in [7, 11) is 0. The summed E-state index contributed by atoms with van der Waals surface area (Å²) in [4.78, 5) is 12.6. The number of carbonyl (C=O) groups is 1. The smallest absolute Gasteiger partial charge is 0.322 e. The Bertz CT molecular complexity index is 902. The average molecular weight is 360 g/mol. The van der Waals surface area contributed by atoms with E-state index in [-0.39, 0.29) is 11.1 Å². The zero-order valence-electron chi connectivity index (χ0n) is 13.6. The highest BCUT2D eigenvalue weighted by atomic mass is 19.4. The Labute approximate surface area is 147 Å². The molecule has 2 aliphatic rings. The maximum Gasteiger partial charge on any atom is 0.442 e. The van der Waals surface area contributed by atoms with Crippen molar-refractivity contribution in [1.29, 1.82) is 0 Å². The van der Waals surface area contributed by atoms with E-state index >= 15 is 0 Å². The fourth-order valence-corrected chi connectivity index (χ4v) is 3.17. The van der Waals surface area contributed by atoms with Crippen LogP contribution in [-0.4, -0.2) is 18.6 Å². The van der Waals surface area contributed by atoms with Crippen LogP contribution in [0.2, 0.25) is 0 Å². The van der Waals surface area contributed by atoms with Crippen LogP contribution >= 0.6 is 0 Å². The molecule has 2 heterocycles. The van der Waals surface area contributed by atoms with Gasteiger partial charge in [0.25, 0.3) is 5.91 Å². The van der Waals surface area contributed by atoms with Gasteiger partial charge in [-0.05, 0) is 42.3 Å². The van der Waals surface area contributed by atoms with Gasteiger partial charge in [0.1, 0.15) is 0 Å². The van der Waals surface area contributed by atoms with Gasteiger partial charge in [0.05, 0.1) is 0 Å². The van der Waals surface area contributed by atoms with Crippen LogP contribution in [0.1, 0.15) is 27.0 Å². The second-order valence-corrected chi connectivity index (χ2v) is 6.28. The van der Waals surface area contributed by atoms with Crippen molar-refractivity contribution in [3.63, 3.8) is 0 Å². The zero-order valence-corrected chi connectivity index (χ0v) is 13.6. The number of hydrogen-bond acceptors (Lipinski definition) is 4. The van der Waals surface area contributed by atoms with Gasteiger partial charge in [-0.25, -0.2) is 0 Å². The molecule has 1 amide bonds. The van der Waals surface area contributed by atoms with Gasteiger partial charge >= 0.3 is 11.8 Å². The number of benzene rings is 2. The molecule has 2 aromatic rings. The van der Waals surface area contributed by atoms with Gasteiger partial charge in [-0.1, -0.05) is 24.3 Å². The molecule has 0 fully saturated rings. The van der Waals surface area contributed by atoms with Gasteiger partial charge in [-0.15, -0.1) is 10.2 Å². The molecule has 2 aromatic carbocycles. The topological polar surface area (TPSA) is 65.8 Å². The molecule has 8 heteroatoms. The van der Waals surface area contributed by atoms with Gasteiger partial charge in [-0.3, -0.25) is 4.79 Å². The third-order valence-electron chi connectivity index (χ3n) is 4.59. The van der Waals surface area contributed by atoms with E-state index in [0.29, 0.717) is 12.2 Å². The van der Waals surface area contributed by atoms with E-state index < -0.39 is 17.7 Å². The van der Waals surface area contributed by atoms with Crippen LogP contribution in [0.5, 0.6) is 0 Å². The first-order valence-electron chi connectivity index (χ1n) is 8.15. The van der Waals surface area contributed by atoms with Crippen LogP contribution < -0.4 is 10.6 Å². The second kappa shape index (κ2) is 5.91. The number of amides is 1. The summed E-state index contributed by atoms with van der Waals surface area (Å²) in [6.45, 7) is 1.60. The molecule has 134 valence electrons. The molecule has 0 unspecified atom stereocenters. The third-order valence-corrected chi connectivity index (χ3v) is 4.59. The fourth-order valence-electron chi connectivity index (χ4n) is 3.17. The minimum atomic E-state index is -4.68. The molecule has 0 aromatic heterocycles. The first-order chi connectivity index (χ1) is 12.4. The predicted molar refractivity (Wildman–Crippen MR) is 88.8 cm³/mol. The van der Waals surface area contributed by atoms with Gasteiger partial charge in [-0.2, -0.15) is 13.2 Å². The van der Waals surface area contributed by atoms with Gasteiger partial charge in [0.2, 0.25) is 0 Å². The predicted octanol–water partition coefficient (Wildman–Crippen LogP) is 3.77.